The lowest BCUT2D eigenvalue weighted by molar-refractivity contribution is 0.128. The van der Waals surface area contributed by atoms with Crippen molar-refractivity contribution in [2.75, 3.05) is 13.1 Å². The van der Waals surface area contributed by atoms with E-state index >= 15 is 0 Å². The summed E-state index contributed by atoms with van der Waals surface area (Å²) in [6.07, 6.45) is 2.64. The number of hydrogen-bond acceptors (Lipinski definition) is 3. The van der Waals surface area contributed by atoms with Gasteiger partial charge in [0.25, 0.3) is 0 Å². The second kappa shape index (κ2) is 4.86. The van der Waals surface area contributed by atoms with Crippen molar-refractivity contribution in [3.8, 4) is 0 Å². The average molecular weight is 238 g/mol. The first-order chi connectivity index (χ1) is 7.59. The summed E-state index contributed by atoms with van der Waals surface area (Å²) in [5, 5.41) is 0. The minimum atomic E-state index is 0.550. The molecule has 3 heteroatoms. The number of nitrogens with two attached hydrogens (primary N) is 1. The van der Waals surface area contributed by atoms with Gasteiger partial charge in [0.15, 0.2) is 0 Å². The van der Waals surface area contributed by atoms with Crippen LogP contribution < -0.4 is 5.73 Å². The maximum atomic E-state index is 5.63. The smallest absolute Gasteiger partial charge is 0.0328 e. The maximum Gasteiger partial charge on any atom is 0.0328 e. The van der Waals surface area contributed by atoms with E-state index in [2.05, 4.69) is 30.9 Å². The predicted octanol–water partition coefficient (Wildman–Crippen LogP) is 2.83. The lowest BCUT2D eigenvalue weighted by Gasteiger charge is -2.36. The third-order valence-corrected chi connectivity index (χ3v) is 4.60. The lowest BCUT2D eigenvalue weighted by atomic mass is 9.83. The first-order valence-electron chi connectivity index (χ1n) is 6.09. The largest absolute Gasteiger partial charge is 0.326 e. The van der Waals surface area contributed by atoms with Crippen molar-refractivity contribution in [2.24, 2.45) is 11.1 Å². The molecule has 1 aromatic rings. The Morgan fingerprint density at radius 3 is 2.44 bits per heavy atom. The molecule has 0 saturated carbocycles. The maximum absolute atomic E-state index is 5.63. The van der Waals surface area contributed by atoms with Gasteiger partial charge in [0.05, 0.1) is 0 Å². The van der Waals surface area contributed by atoms with E-state index in [9.17, 15) is 0 Å². The summed E-state index contributed by atoms with van der Waals surface area (Å²) in [6.45, 7) is 9.02. The van der Waals surface area contributed by atoms with Gasteiger partial charge in [0.2, 0.25) is 0 Å². The highest BCUT2D eigenvalue weighted by Gasteiger charge is 2.25. The Morgan fingerprint density at radius 1 is 1.25 bits per heavy atom. The van der Waals surface area contributed by atoms with Gasteiger partial charge in [-0.05, 0) is 43.5 Å². The molecule has 2 N–H and O–H groups in total. The molecule has 2 rings (SSSR count). The van der Waals surface area contributed by atoms with Crippen LogP contribution in [0.5, 0.6) is 0 Å². The molecule has 0 bridgehead atoms. The Labute approximate surface area is 102 Å². The highest BCUT2D eigenvalue weighted by atomic mass is 32.1. The van der Waals surface area contributed by atoms with E-state index in [0.29, 0.717) is 12.0 Å². The molecular weight excluding hydrogens is 216 g/mol. The van der Waals surface area contributed by atoms with E-state index in [-0.39, 0.29) is 0 Å². The van der Waals surface area contributed by atoms with Crippen LogP contribution in [-0.2, 0) is 13.1 Å². The van der Waals surface area contributed by atoms with Gasteiger partial charge in [0.1, 0.15) is 0 Å². The molecule has 0 aliphatic carbocycles. The van der Waals surface area contributed by atoms with Crippen molar-refractivity contribution in [3.05, 3.63) is 21.9 Å². The first-order valence-corrected chi connectivity index (χ1v) is 6.91. The van der Waals surface area contributed by atoms with Crippen LogP contribution in [0.25, 0.3) is 0 Å². The second-order valence-electron chi connectivity index (χ2n) is 5.51. The highest BCUT2D eigenvalue weighted by molar-refractivity contribution is 7.11. The van der Waals surface area contributed by atoms with E-state index in [1.807, 2.05) is 11.3 Å². The van der Waals surface area contributed by atoms with Crippen LogP contribution in [0.3, 0.4) is 0 Å². The second-order valence-corrected chi connectivity index (χ2v) is 6.77. The quantitative estimate of drug-likeness (QED) is 0.877. The zero-order chi connectivity index (χ0) is 11.6. The summed E-state index contributed by atoms with van der Waals surface area (Å²) in [4.78, 5) is 5.32. The highest BCUT2D eigenvalue weighted by Crippen LogP contribution is 2.30. The zero-order valence-corrected chi connectivity index (χ0v) is 11.1. The zero-order valence-electron chi connectivity index (χ0n) is 10.3. The molecule has 1 aromatic heterocycles. The third kappa shape index (κ3) is 3.06. The summed E-state index contributed by atoms with van der Waals surface area (Å²) < 4.78 is 0. The summed E-state index contributed by atoms with van der Waals surface area (Å²) in [6, 6.07) is 4.39. The molecule has 1 aliphatic rings. The monoisotopic (exact) mass is 238 g/mol. The van der Waals surface area contributed by atoms with Crippen molar-refractivity contribution < 1.29 is 0 Å². The van der Waals surface area contributed by atoms with Crippen LogP contribution in [0.15, 0.2) is 12.1 Å². The van der Waals surface area contributed by atoms with E-state index in [4.69, 9.17) is 5.73 Å². The Balaban J connectivity index is 1.87. The van der Waals surface area contributed by atoms with Crippen LogP contribution in [0.2, 0.25) is 0 Å². The summed E-state index contributed by atoms with van der Waals surface area (Å²) in [7, 11) is 0. The van der Waals surface area contributed by atoms with Crippen molar-refractivity contribution in [1.29, 1.82) is 0 Å². The molecule has 0 aromatic carbocycles. The van der Waals surface area contributed by atoms with E-state index in [1.54, 1.807) is 0 Å². The molecular formula is C13H22N2S. The molecule has 0 atom stereocenters. The van der Waals surface area contributed by atoms with Gasteiger partial charge in [-0.25, -0.2) is 0 Å². The van der Waals surface area contributed by atoms with Gasteiger partial charge in [-0.2, -0.15) is 0 Å². The molecule has 0 unspecified atom stereocenters. The van der Waals surface area contributed by atoms with E-state index in [1.165, 1.54) is 35.7 Å². The minimum Gasteiger partial charge on any atom is -0.326 e. The number of nitrogens with zero attached hydrogens (tertiary/aromatic N) is 1. The minimum absolute atomic E-state index is 0.550. The summed E-state index contributed by atoms with van der Waals surface area (Å²) in [5.41, 5.74) is 6.18. The predicted molar refractivity (Wildman–Crippen MR) is 70.5 cm³/mol. The number of hydrogen-bond donors (Lipinski definition) is 1. The molecule has 0 amide bonds. The Bertz CT molecular complexity index is 333. The van der Waals surface area contributed by atoms with Crippen LogP contribution in [-0.4, -0.2) is 18.0 Å². The number of thiophene rings is 1. The van der Waals surface area contributed by atoms with Gasteiger partial charge < -0.3 is 5.73 Å². The fraction of sp³-hybridized carbons (Fsp3) is 0.692. The van der Waals surface area contributed by atoms with Crippen molar-refractivity contribution in [3.63, 3.8) is 0 Å². The molecule has 1 saturated heterocycles. The Hall–Kier alpha value is -0.380. The molecule has 1 aliphatic heterocycles. The van der Waals surface area contributed by atoms with Crippen LogP contribution in [0, 0.1) is 5.41 Å². The number of likely N-dealkylation sites (tertiary alicyclic amines) is 1. The van der Waals surface area contributed by atoms with Gasteiger partial charge in [0, 0.05) is 22.8 Å². The Kier molecular flexibility index (Phi) is 3.67. The van der Waals surface area contributed by atoms with Crippen LogP contribution in [0.1, 0.15) is 36.4 Å². The average Bonchev–Trinajstić information content (AvgIpc) is 2.69. The molecule has 2 nitrogen and oxygen atoms in total. The molecule has 0 spiro atoms. The van der Waals surface area contributed by atoms with Crippen molar-refractivity contribution in [2.45, 2.75) is 39.8 Å². The lowest BCUT2D eigenvalue weighted by Crippen LogP contribution is -2.36. The van der Waals surface area contributed by atoms with E-state index < -0.39 is 0 Å². The van der Waals surface area contributed by atoms with Gasteiger partial charge in [-0.3, -0.25) is 4.90 Å². The first kappa shape index (κ1) is 12.1. The van der Waals surface area contributed by atoms with Gasteiger partial charge >= 0.3 is 0 Å². The number of rotatable bonds is 3. The van der Waals surface area contributed by atoms with E-state index in [0.717, 1.165) is 6.54 Å². The van der Waals surface area contributed by atoms with Gasteiger partial charge in [-0.1, -0.05) is 13.8 Å². The standard InChI is InChI=1S/C13H22N2S/c1-13(2)5-7-15(8-6-13)10-12-4-3-11(9-14)16-12/h3-4H,5-10,14H2,1-2H3. The topological polar surface area (TPSA) is 29.3 Å². The molecule has 1 fully saturated rings. The third-order valence-electron chi connectivity index (χ3n) is 3.51. The molecule has 90 valence electrons. The van der Waals surface area contributed by atoms with Gasteiger partial charge in [-0.15, -0.1) is 11.3 Å². The SMILES string of the molecule is CC1(C)CCN(Cc2ccc(CN)s2)CC1. The van der Waals surface area contributed by atoms with Crippen LogP contribution in [0.4, 0.5) is 0 Å². The summed E-state index contributed by atoms with van der Waals surface area (Å²) >= 11 is 1.86. The summed E-state index contributed by atoms with van der Waals surface area (Å²) in [5.74, 6) is 0. The van der Waals surface area contributed by atoms with Crippen molar-refractivity contribution in [1.82, 2.24) is 4.90 Å². The fourth-order valence-corrected chi connectivity index (χ4v) is 3.09. The normalized spacial score (nSPS) is 21.2. The molecule has 16 heavy (non-hydrogen) atoms. The molecule has 2 heterocycles. The molecule has 0 radical (unpaired) electrons. The fourth-order valence-electron chi connectivity index (χ4n) is 2.15. The number of piperidine rings is 1. The Morgan fingerprint density at radius 2 is 1.88 bits per heavy atom. The van der Waals surface area contributed by atoms with Crippen molar-refractivity contribution >= 4 is 11.3 Å². The van der Waals surface area contributed by atoms with Crippen LogP contribution >= 0.6 is 11.3 Å².